The van der Waals surface area contributed by atoms with Gasteiger partial charge in [-0.3, -0.25) is 14.3 Å². The first-order valence-electron chi connectivity index (χ1n) is 12.0. The molecule has 0 radical (unpaired) electrons. The summed E-state index contributed by atoms with van der Waals surface area (Å²) in [6, 6.07) is 14.0. The molecule has 0 aliphatic heterocycles. The predicted molar refractivity (Wildman–Crippen MR) is 157 cm³/mol. The lowest BCUT2D eigenvalue weighted by atomic mass is 10.2. The van der Waals surface area contributed by atoms with Crippen LogP contribution < -0.4 is 27.2 Å². The average Bonchev–Trinajstić information content (AvgIpc) is 2.94. The second kappa shape index (κ2) is 11.5. The van der Waals surface area contributed by atoms with Crippen LogP contribution in [0.4, 0.5) is 27.8 Å². The highest BCUT2D eigenvalue weighted by Crippen LogP contribution is 2.27. The Morgan fingerprint density at radius 3 is 2.68 bits per heavy atom. The van der Waals surface area contributed by atoms with Crippen LogP contribution >= 0.6 is 23.2 Å². The zero-order valence-electron chi connectivity index (χ0n) is 21.3. The molecular formula is C27H20Cl2N10O2. The molecule has 1 unspecified atom stereocenters. The first-order chi connectivity index (χ1) is 19.8. The van der Waals surface area contributed by atoms with E-state index in [0.717, 1.165) is 0 Å². The van der Waals surface area contributed by atoms with Gasteiger partial charge in [-0.1, -0.05) is 35.3 Å². The molecule has 0 saturated heterocycles. The number of carbonyl (C=O) groups excluding carboxylic acids is 1. The normalized spacial score (nSPS) is 11.5. The maximum atomic E-state index is 13.9. The molecular weight excluding hydrogens is 567 g/mol. The monoisotopic (exact) mass is 586 g/mol. The number of hydrogen-bond donors (Lipinski definition) is 4. The molecule has 0 aliphatic carbocycles. The van der Waals surface area contributed by atoms with Gasteiger partial charge in [0.1, 0.15) is 35.4 Å². The van der Waals surface area contributed by atoms with Gasteiger partial charge >= 0.3 is 6.03 Å². The molecule has 5 rings (SSSR count). The molecule has 5 aromatic rings. The number of nitrogens with zero attached hydrogens (tertiary/aromatic N) is 6. The number of amides is 2. The fourth-order valence-corrected chi connectivity index (χ4v) is 4.54. The lowest BCUT2D eigenvalue weighted by molar-refractivity contribution is 0.262. The largest absolute Gasteiger partial charge is 0.382 e. The molecule has 3 aromatic heterocycles. The third-order valence-corrected chi connectivity index (χ3v) is 6.60. The Bertz CT molecular complexity index is 1900. The van der Waals surface area contributed by atoms with Crippen molar-refractivity contribution in [1.29, 1.82) is 5.26 Å². The van der Waals surface area contributed by atoms with Gasteiger partial charge in [0.2, 0.25) is 0 Å². The van der Waals surface area contributed by atoms with Crippen LogP contribution in [0.3, 0.4) is 0 Å². The molecule has 14 heteroatoms. The van der Waals surface area contributed by atoms with Crippen molar-refractivity contribution in [2.75, 3.05) is 21.7 Å². The number of nitrogens with one attached hydrogen (secondary N) is 3. The summed E-state index contributed by atoms with van der Waals surface area (Å²) in [7, 11) is 0. The number of pyridine rings is 1. The summed E-state index contributed by atoms with van der Waals surface area (Å²) in [5.74, 6) is 0.482. The molecule has 0 aliphatic rings. The van der Waals surface area contributed by atoms with Crippen molar-refractivity contribution in [3.63, 3.8) is 0 Å². The number of benzene rings is 2. The van der Waals surface area contributed by atoms with Gasteiger partial charge in [-0.05, 0) is 43.3 Å². The van der Waals surface area contributed by atoms with E-state index in [1.807, 2.05) is 6.07 Å². The van der Waals surface area contributed by atoms with Crippen LogP contribution in [0.25, 0.3) is 16.6 Å². The minimum Gasteiger partial charge on any atom is -0.382 e. The van der Waals surface area contributed by atoms with Crippen LogP contribution in [0.2, 0.25) is 10.0 Å². The summed E-state index contributed by atoms with van der Waals surface area (Å²) in [5, 5.41) is 18.8. The van der Waals surface area contributed by atoms with Crippen LogP contribution in [0, 0.1) is 11.3 Å². The van der Waals surface area contributed by atoms with E-state index in [1.54, 1.807) is 55.5 Å². The number of hydrogen-bond acceptors (Lipinski definition) is 9. The Balaban J connectivity index is 1.57. The first-order valence-corrected chi connectivity index (χ1v) is 12.8. The topological polar surface area (TPSA) is 177 Å². The van der Waals surface area contributed by atoms with Gasteiger partial charge in [-0.15, -0.1) is 0 Å². The maximum absolute atomic E-state index is 13.9. The van der Waals surface area contributed by atoms with E-state index in [1.165, 1.54) is 23.3 Å². The molecule has 2 amide bonds. The predicted octanol–water partition coefficient (Wildman–Crippen LogP) is 5.15. The molecule has 5 N–H and O–H groups in total. The summed E-state index contributed by atoms with van der Waals surface area (Å²) in [5.41, 5.74) is 7.02. The van der Waals surface area contributed by atoms with Crippen LogP contribution in [-0.2, 0) is 0 Å². The smallest absolute Gasteiger partial charge is 0.323 e. The number of aromatic nitrogens is 5. The Morgan fingerprint density at radius 1 is 1.10 bits per heavy atom. The Kier molecular flexibility index (Phi) is 7.64. The van der Waals surface area contributed by atoms with E-state index in [0.29, 0.717) is 22.6 Å². The molecule has 0 spiro atoms. The van der Waals surface area contributed by atoms with Crippen molar-refractivity contribution >= 4 is 63.1 Å². The van der Waals surface area contributed by atoms with Gasteiger partial charge in [-0.25, -0.2) is 19.7 Å². The number of halogens is 2. The third kappa shape index (κ3) is 5.58. The average molecular weight is 587 g/mol. The SMILES string of the molecule is CC(Nc1ncnc(N)c1C#N)c1nc2cccc(Cl)c2c(=O)n1-c1cccc(NC(=O)Nc2ccncc2Cl)c1. The van der Waals surface area contributed by atoms with Crippen molar-refractivity contribution in [3.8, 4) is 11.8 Å². The Morgan fingerprint density at radius 2 is 1.90 bits per heavy atom. The van der Waals surface area contributed by atoms with Crippen molar-refractivity contribution < 1.29 is 4.79 Å². The summed E-state index contributed by atoms with van der Waals surface area (Å²) in [6.07, 6.45) is 4.14. The van der Waals surface area contributed by atoms with E-state index >= 15 is 0 Å². The minimum absolute atomic E-state index is 0.0120. The van der Waals surface area contributed by atoms with E-state index < -0.39 is 17.6 Å². The fourth-order valence-electron chi connectivity index (χ4n) is 4.12. The number of carbonyl (C=O) groups is 1. The molecule has 0 saturated carbocycles. The summed E-state index contributed by atoms with van der Waals surface area (Å²) >= 11 is 12.5. The van der Waals surface area contributed by atoms with Crippen LogP contribution in [0.5, 0.6) is 0 Å². The van der Waals surface area contributed by atoms with Crippen LogP contribution in [-0.4, -0.2) is 30.5 Å². The van der Waals surface area contributed by atoms with Gasteiger partial charge in [0.05, 0.1) is 38.4 Å². The second-order valence-corrected chi connectivity index (χ2v) is 9.50. The van der Waals surface area contributed by atoms with Crippen LogP contribution in [0.1, 0.15) is 24.4 Å². The molecule has 1 atom stereocenters. The second-order valence-electron chi connectivity index (χ2n) is 8.69. The standard InChI is InChI=1S/C27H20Cl2N10O2/c1-14(35-24-17(11-30)23(31)33-13-34-24)25-37-21-7-3-6-18(28)22(21)26(40)39(25)16-5-2-4-15(10-16)36-27(41)38-20-8-9-32-12-19(20)29/h2-10,12-14H,1H3,(H3,31,33,34,35)(H2,32,36,38,41). The highest BCUT2D eigenvalue weighted by Gasteiger charge is 2.21. The van der Waals surface area contributed by atoms with Gasteiger partial charge < -0.3 is 21.7 Å². The Labute approximate surface area is 242 Å². The molecule has 41 heavy (non-hydrogen) atoms. The number of nitriles is 1. The summed E-state index contributed by atoms with van der Waals surface area (Å²) in [4.78, 5) is 43.2. The third-order valence-electron chi connectivity index (χ3n) is 5.98. The molecule has 0 fully saturated rings. The summed E-state index contributed by atoms with van der Waals surface area (Å²) < 4.78 is 1.38. The van der Waals surface area contributed by atoms with E-state index in [2.05, 4.69) is 30.9 Å². The molecule has 2 aromatic carbocycles. The zero-order chi connectivity index (χ0) is 29.1. The lowest BCUT2D eigenvalue weighted by Gasteiger charge is -2.21. The van der Waals surface area contributed by atoms with Crippen molar-refractivity contribution in [3.05, 3.63) is 99.0 Å². The molecule has 0 bridgehead atoms. The molecule has 12 nitrogen and oxygen atoms in total. The number of fused-ring (bicyclic) bond motifs is 1. The number of rotatable bonds is 6. The zero-order valence-corrected chi connectivity index (χ0v) is 22.8. The number of nitrogens with two attached hydrogens (primary N) is 1. The van der Waals surface area contributed by atoms with Gasteiger partial charge in [0, 0.05) is 18.1 Å². The van der Waals surface area contributed by atoms with E-state index in [4.69, 9.17) is 33.9 Å². The first kappa shape index (κ1) is 27.3. The maximum Gasteiger partial charge on any atom is 0.323 e. The summed E-state index contributed by atoms with van der Waals surface area (Å²) in [6.45, 7) is 1.75. The lowest BCUT2D eigenvalue weighted by Crippen LogP contribution is -2.28. The molecule has 204 valence electrons. The minimum atomic E-state index is -0.652. The number of anilines is 4. The van der Waals surface area contributed by atoms with Crippen molar-refractivity contribution in [2.24, 2.45) is 0 Å². The van der Waals surface area contributed by atoms with Crippen molar-refractivity contribution in [1.82, 2.24) is 24.5 Å². The highest BCUT2D eigenvalue weighted by atomic mass is 35.5. The number of nitrogen functional groups attached to an aromatic ring is 1. The Hall–Kier alpha value is -5.25. The highest BCUT2D eigenvalue weighted by molar-refractivity contribution is 6.35. The van der Waals surface area contributed by atoms with Gasteiger partial charge in [-0.2, -0.15) is 5.26 Å². The quantitative estimate of drug-likeness (QED) is 0.209. The fraction of sp³-hybridized carbons (Fsp3) is 0.0741. The van der Waals surface area contributed by atoms with E-state index in [9.17, 15) is 14.9 Å². The van der Waals surface area contributed by atoms with Crippen molar-refractivity contribution in [2.45, 2.75) is 13.0 Å². The van der Waals surface area contributed by atoms with E-state index in [-0.39, 0.29) is 38.5 Å². The van der Waals surface area contributed by atoms with Gasteiger partial charge in [0.15, 0.2) is 0 Å². The van der Waals surface area contributed by atoms with Crippen LogP contribution in [0.15, 0.2) is 72.0 Å². The molecule has 3 heterocycles. The number of urea groups is 1. The van der Waals surface area contributed by atoms with Gasteiger partial charge in [0.25, 0.3) is 5.56 Å².